The fourth-order valence-electron chi connectivity index (χ4n) is 4.40. The van der Waals surface area contributed by atoms with Gasteiger partial charge in [0.25, 0.3) is 0 Å². The summed E-state index contributed by atoms with van der Waals surface area (Å²) in [5, 5.41) is 20.6. The van der Waals surface area contributed by atoms with Crippen molar-refractivity contribution in [2.75, 3.05) is 7.05 Å². The zero-order valence-electron chi connectivity index (χ0n) is 19.0. The fraction of sp³-hybridized carbons (Fsp3) is 0.103. The van der Waals surface area contributed by atoms with Gasteiger partial charge in [-0.2, -0.15) is 0 Å². The van der Waals surface area contributed by atoms with Crippen LogP contribution < -0.4 is 5.73 Å². The topological polar surface area (TPSA) is 92.1 Å². The third-order valence-electron chi connectivity index (χ3n) is 5.90. The number of nitrogens with two attached hydrogens (primary N) is 1. The molecule has 0 aliphatic heterocycles. The lowest BCUT2D eigenvalue weighted by atomic mass is 9.97. The lowest BCUT2D eigenvalue weighted by Crippen LogP contribution is -2.10. The van der Waals surface area contributed by atoms with Crippen molar-refractivity contribution >= 4 is 33.9 Å². The lowest BCUT2D eigenvalue weighted by molar-refractivity contribution is 0.0686. The SMILES string of the molecule is CN.N=Cc1ccc2cc(C(=O)O)n(Cc3cc(Cc4ccccc4)cc4ccccc34)c2c1. The van der Waals surface area contributed by atoms with Crippen molar-refractivity contribution in [2.45, 2.75) is 13.0 Å². The smallest absolute Gasteiger partial charge is 0.352 e. The highest BCUT2D eigenvalue weighted by Gasteiger charge is 2.16. The lowest BCUT2D eigenvalue weighted by Gasteiger charge is -2.14. The second-order valence-corrected chi connectivity index (χ2v) is 8.02. The predicted octanol–water partition coefficient (Wildman–Crippen LogP) is 5.70. The number of hydrogen-bond donors (Lipinski definition) is 3. The molecule has 170 valence electrons. The standard InChI is InChI=1S/C28H22N2O2.CH5N/c29-17-20-10-11-23-16-27(28(31)32)30(26(23)15-20)18-24-14-21(12-19-6-2-1-3-7-19)13-22-8-4-5-9-25(22)24;1-2/h1-11,13-17,29H,12,18H2,(H,31,32);2H2,1H3. The van der Waals surface area contributed by atoms with E-state index in [1.807, 2.05) is 53.1 Å². The van der Waals surface area contributed by atoms with Gasteiger partial charge in [-0.15, -0.1) is 0 Å². The maximum Gasteiger partial charge on any atom is 0.352 e. The van der Waals surface area contributed by atoms with Gasteiger partial charge in [0.15, 0.2) is 0 Å². The average Bonchev–Trinajstić information content (AvgIpc) is 3.23. The van der Waals surface area contributed by atoms with Crippen LogP contribution in [-0.4, -0.2) is 28.9 Å². The highest BCUT2D eigenvalue weighted by Crippen LogP contribution is 2.27. The largest absolute Gasteiger partial charge is 0.477 e. The van der Waals surface area contributed by atoms with Gasteiger partial charge in [-0.05, 0) is 58.6 Å². The van der Waals surface area contributed by atoms with E-state index in [9.17, 15) is 9.90 Å². The number of carboxylic acid groups (broad SMARTS) is 1. The zero-order chi connectivity index (χ0) is 24.1. The minimum absolute atomic E-state index is 0.250. The van der Waals surface area contributed by atoms with Crippen LogP contribution >= 0.6 is 0 Å². The van der Waals surface area contributed by atoms with Crippen molar-refractivity contribution in [1.29, 1.82) is 5.41 Å². The molecular weight excluding hydrogens is 422 g/mol. The first-order chi connectivity index (χ1) is 16.6. The molecule has 34 heavy (non-hydrogen) atoms. The molecule has 5 nitrogen and oxygen atoms in total. The molecule has 0 aliphatic carbocycles. The van der Waals surface area contributed by atoms with Crippen molar-refractivity contribution in [3.63, 3.8) is 0 Å². The average molecular weight is 450 g/mol. The minimum Gasteiger partial charge on any atom is -0.477 e. The number of aromatic nitrogens is 1. The van der Waals surface area contributed by atoms with E-state index in [-0.39, 0.29) is 5.69 Å². The Balaban J connectivity index is 0.00000133. The number of carbonyl (C=O) groups is 1. The molecular formula is C29H27N3O2. The molecule has 0 spiro atoms. The van der Waals surface area contributed by atoms with E-state index in [0.717, 1.165) is 39.2 Å². The van der Waals surface area contributed by atoms with Gasteiger partial charge in [0.2, 0.25) is 0 Å². The number of fused-ring (bicyclic) bond motifs is 2. The third kappa shape index (κ3) is 4.60. The summed E-state index contributed by atoms with van der Waals surface area (Å²) in [6, 6.07) is 30.3. The van der Waals surface area contributed by atoms with Crippen LogP contribution in [0.4, 0.5) is 0 Å². The number of benzene rings is 4. The van der Waals surface area contributed by atoms with Crippen LogP contribution in [0.25, 0.3) is 21.7 Å². The molecule has 0 bridgehead atoms. The first-order valence-corrected chi connectivity index (χ1v) is 11.1. The highest BCUT2D eigenvalue weighted by atomic mass is 16.4. The van der Waals surface area contributed by atoms with Crippen molar-refractivity contribution in [2.24, 2.45) is 5.73 Å². The molecule has 5 heteroatoms. The number of aromatic carboxylic acids is 1. The van der Waals surface area contributed by atoms with E-state index in [1.54, 1.807) is 6.07 Å². The van der Waals surface area contributed by atoms with Gasteiger partial charge in [-0.3, -0.25) is 0 Å². The minimum atomic E-state index is -0.956. The summed E-state index contributed by atoms with van der Waals surface area (Å²) in [4.78, 5) is 12.0. The number of carboxylic acids is 1. The van der Waals surface area contributed by atoms with Crippen molar-refractivity contribution in [3.8, 4) is 0 Å². The first kappa shape index (κ1) is 23.0. The van der Waals surface area contributed by atoms with Crippen LogP contribution in [-0.2, 0) is 13.0 Å². The number of hydrogen-bond acceptors (Lipinski definition) is 3. The second-order valence-electron chi connectivity index (χ2n) is 8.02. The highest BCUT2D eigenvalue weighted by molar-refractivity contribution is 5.97. The van der Waals surface area contributed by atoms with E-state index >= 15 is 0 Å². The molecule has 0 amide bonds. The Labute approximate surface area is 198 Å². The van der Waals surface area contributed by atoms with E-state index in [1.165, 1.54) is 24.4 Å². The first-order valence-electron chi connectivity index (χ1n) is 11.1. The van der Waals surface area contributed by atoms with Gasteiger partial charge in [-0.25, -0.2) is 4.79 Å². The molecule has 0 fully saturated rings. The van der Waals surface area contributed by atoms with Crippen LogP contribution in [0.3, 0.4) is 0 Å². The van der Waals surface area contributed by atoms with Gasteiger partial charge < -0.3 is 20.8 Å². The molecule has 0 atom stereocenters. The molecule has 1 aromatic heterocycles. The van der Waals surface area contributed by atoms with Gasteiger partial charge in [0.1, 0.15) is 5.69 Å². The maximum atomic E-state index is 12.0. The normalized spacial score (nSPS) is 10.6. The Morgan fingerprint density at radius 1 is 0.882 bits per heavy atom. The summed E-state index contributed by atoms with van der Waals surface area (Å²) < 4.78 is 1.85. The molecule has 5 rings (SSSR count). The molecule has 4 aromatic carbocycles. The zero-order valence-corrected chi connectivity index (χ0v) is 19.0. The summed E-state index contributed by atoms with van der Waals surface area (Å²) in [6.45, 7) is 0.440. The summed E-state index contributed by atoms with van der Waals surface area (Å²) in [7, 11) is 1.50. The van der Waals surface area contributed by atoms with Gasteiger partial charge in [0.05, 0.1) is 0 Å². The Bertz CT molecular complexity index is 1470. The molecule has 4 N–H and O–H groups in total. The second kappa shape index (κ2) is 10.1. The molecule has 0 radical (unpaired) electrons. The van der Waals surface area contributed by atoms with E-state index < -0.39 is 5.97 Å². The predicted molar refractivity (Wildman–Crippen MR) is 139 cm³/mol. The fourth-order valence-corrected chi connectivity index (χ4v) is 4.40. The van der Waals surface area contributed by atoms with Crippen molar-refractivity contribution in [3.05, 3.63) is 119 Å². The third-order valence-corrected chi connectivity index (χ3v) is 5.90. The summed E-state index contributed by atoms with van der Waals surface area (Å²) in [6.07, 6.45) is 2.10. The summed E-state index contributed by atoms with van der Waals surface area (Å²) >= 11 is 0. The van der Waals surface area contributed by atoms with Gasteiger partial charge in [0, 0.05) is 23.7 Å². The Morgan fingerprint density at radius 2 is 1.62 bits per heavy atom. The summed E-state index contributed by atoms with van der Waals surface area (Å²) in [5.74, 6) is -0.956. The van der Waals surface area contributed by atoms with Crippen LogP contribution in [0, 0.1) is 5.41 Å². The molecule has 0 aliphatic rings. The van der Waals surface area contributed by atoms with Crippen molar-refractivity contribution < 1.29 is 9.90 Å². The van der Waals surface area contributed by atoms with Crippen LogP contribution in [0.15, 0.2) is 91.0 Å². The number of rotatable bonds is 6. The quantitative estimate of drug-likeness (QED) is 0.290. The molecule has 0 saturated carbocycles. The Hall–Kier alpha value is -4.22. The van der Waals surface area contributed by atoms with Crippen molar-refractivity contribution in [1.82, 2.24) is 4.57 Å². The van der Waals surface area contributed by atoms with E-state index in [0.29, 0.717) is 6.54 Å². The molecule has 5 aromatic rings. The molecule has 0 saturated heterocycles. The van der Waals surface area contributed by atoms with Crippen LogP contribution in [0.2, 0.25) is 0 Å². The summed E-state index contributed by atoms with van der Waals surface area (Å²) in [5.41, 5.74) is 9.83. The maximum absolute atomic E-state index is 12.0. The van der Waals surface area contributed by atoms with E-state index in [2.05, 4.69) is 42.1 Å². The van der Waals surface area contributed by atoms with Crippen LogP contribution in [0.5, 0.6) is 0 Å². The van der Waals surface area contributed by atoms with E-state index in [4.69, 9.17) is 5.41 Å². The van der Waals surface area contributed by atoms with Gasteiger partial charge >= 0.3 is 5.97 Å². The van der Waals surface area contributed by atoms with Crippen LogP contribution in [0.1, 0.15) is 32.7 Å². The Kier molecular flexibility index (Phi) is 6.85. The molecule has 1 heterocycles. The number of nitrogens with one attached hydrogen (secondary N) is 1. The molecule has 0 unspecified atom stereocenters. The van der Waals surface area contributed by atoms with Gasteiger partial charge in [-0.1, -0.05) is 78.9 Å². The number of nitrogens with zero attached hydrogens (tertiary/aromatic N) is 1. The Morgan fingerprint density at radius 3 is 2.35 bits per heavy atom. The monoisotopic (exact) mass is 449 g/mol.